The Morgan fingerprint density at radius 1 is 1.58 bits per heavy atom. The quantitative estimate of drug-likeness (QED) is 0.458. The highest BCUT2D eigenvalue weighted by atomic mass is 127. The molecule has 2 aliphatic rings. The number of nitrogens with two attached hydrogens (primary N) is 1. The third-order valence-corrected chi connectivity index (χ3v) is 2.74. The normalized spacial score (nSPS) is 23.6. The lowest BCUT2D eigenvalue weighted by Gasteiger charge is -2.13. The van der Waals surface area contributed by atoms with E-state index >= 15 is 0 Å². The Balaban J connectivity index is 0.000000720. The Hall–Kier alpha value is 0.440. The molecule has 1 saturated heterocycles. The topological polar surface area (TPSA) is 19.9 Å². The van der Waals surface area contributed by atoms with Gasteiger partial charge in [0.05, 0.1) is 6.54 Å². The van der Waals surface area contributed by atoms with Gasteiger partial charge in [0.25, 0.3) is 0 Å². The molecule has 0 amide bonds. The van der Waals surface area contributed by atoms with Crippen molar-refractivity contribution in [1.29, 1.82) is 0 Å². The molecule has 0 atom stereocenters. The average molecular weight is 388 g/mol. The fourth-order valence-corrected chi connectivity index (χ4v) is 1.76. The van der Waals surface area contributed by atoms with Crippen molar-refractivity contribution >= 4 is 22.6 Å². The van der Waals surface area contributed by atoms with Gasteiger partial charge in [-0.3, -0.25) is 5.32 Å². The zero-order valence-corrected chi connectivity index (χ0v) is 10.8. The smallest absolute Gasteiger partial charge is 0.206 e. The van der Waals surface area contributed by atoms with Crippen LogP contribution in [0, 0.1) is 0 Å². The van der Waals surface area contributed by atoms with Crippen molar-refractivity contribution in [1.82, 2.24) is 4.90 Å². The Kier molecular flexibility index (Phi) is 4.04. The van der Waals surface area contributed by atoms with Crippen LogP contribution in [0.25, 0.3) is 0 Å². The summed E-state index contributed by atoms with van der Waals surface area (Å²) in [6.07, 6.45) is 6.47. The zero-order chi connectivity index (χ0) is 7.68. The number of allylic oxidation sites excluding steroid dienone is 2. The molecule has 2 heterocycles. The monoisotopic (exact) mass is 388 g/mol. The summed E-state index contributed by atoms with van der Waals surface area (Å²) in [4.78, 5) is 2.37. The van der Waals surface area contributed by atoms with Gasteiger partial charge in [-0.2, -0.15) is 0 Å². The van der Waals surface area contributed by atoms with Gasteiger partial charge in [0.15, 0.2) is 0 Å². The van der Waals surface area contributed by atoms with Gasteiger partial charge in [0.2, 0.25) is 5.82 Å². The summed E-state index contributed by atoms with van der Waals surface area (Å²) in [5.74, 6) is 1.36. The van der Waals surface area contributed by atoms with Gasteiger partial charge in [-0.25, -0.2) is 0 Å². The first-order chi connectivity index (χ1) is 5.40. The molecule has 0 aromatic rings. The van der Waals surface area contributed by atoms with Crippen LogP contribution in [0.3, 0.4) is 0 Å². The van der Waals surface area contributed by atoms with E-state index in [-0.39, 0.29) is 24.0 Å². The van der Waals surface area contributed by atoms with E-state index in [1.165, 1.54) is 11.5 Å². The van der Waals surface area contributed by atoms with E-state index in [0.29, 0.717) is 0 Å². The summed E-state index contributed by atoms with van der Waals surface area (Å²) in [6, 6.07) is 0. The minimum absolute atomic E-state index is 0. The highest BCUT2D eigenvalue weighted by molar-refractivity contribution is 14.1. The molecule has 0 bridgehead atoms. The molecular weight excluding hydrogens is 378 g/mol. The van der Waals surface area contributed by atoms with Gasteiger partial charge in [-0.15, -0.1) is 0 Å². The van der Waals surface area contributed by atoms with Crippen molar-refractivity contribution in [2.45, 2.75) is 0 Å². The molecule has 2 N–H and O–H groups in total. The third-order valence-electron chi connectivity index (χ3n) is 1.94. The Bertz CT molecular complexity index is 256. The van der Waals surface area contributed by atoms with E-state index in [1.54, 1.807) is 0 Å². The molecule has 0 aromatic carbocycles. The highest BCUT2D eigenvalue weighted by Crippen LogP contribution is 2.11. The minimum Gasteiger partial charge on any atom is -1.00 e. The molecule has 12 heavy (non-hydrogen) atoms. The SMILES string of the molecule is IC=C1CN2CC=CC=C2[NH2+]1.[I-]. The first-order valence-corrected chi connectivity index (χ1v) is 4.90. The van der Waals surface area contributed by atoms with Crippen LogP contribution in [0.4, 0.5) is 0 Å². The second kappa shape index (κ2) is 4.61. The number of fused-ring (bicyclic) bond motifs is 1. The number of quaternary nitrogens is 1. The molecule has 0 spiro atoms. The van der Waals surface area contributed by atoms with Crippen molar-refractivity contribution in [2.75, 3.05) is 13.1 Å². The van der Waals surface area contributed by atoms with E-state index in [2.05, 4.69) is 55.1 Å². The molecule has 0 unspecified atom stereocenters. The molecule has 66 valence electrons. The van der Waals surface area contributed by atoms with Gasteiger partial charge in [-0.05, 0) is 22.6 Å². The van der Waals surface area contributed by atoms with Gasteiger partial charge < -0.3 is 28.9 Å². The standard InChI is InChI=1S/C8H9IN2.HI/c9-5-7-6-11-4-2-1-3-8(11)10-7;/h1-3,5,10H,4,6H2;1H. The fraction of sp³-hybridized carbons (Fsp3) is 0.250. The summed E-state index contributed by atoms with van der Waals surface area (Å²) >= 11 is 2.30. The third kappa shape index (κ3) is 2.02. The predicted octanol–water partition coefficient (Wildman–Crippen LogP) is -2.44. The first kappa shape index (κ1) is 10.5. The highest BCUT2D eigenvalue weighted by Gasteiger charge is 2.25. The van der Waals surface area contributed by atoms with Gasteiger partial charge >= 0.3 is 0 Å². The first-order valence-electron chi connectivity index (χ1n) is 3.66. The summed E-state index contributed by atoms with van der Waals surface area (Å²) in [5.41, 5.74) is 1.42. The van der Waals surface area contributed by atoms with Crippen molar-refractivity contribution in [3.05, 3.63) is 33.8 Å². The molecule has 0 aromatic heterocycles. The van der Waals surface area contributed by atoms with E-state index < -0.39 is 0 Å². The van der Waals surface area contributed by atoms with Crippen LogP contribution < -0.4 is 29.3 Å². The number of nitrogens with zero attached hydrogens (tertiary/aromatic N) is 1. The lowest BCUT2D eigenvalue weighted by Crippen LogP contribution is -3.00. The Morgan fingerprint density at radius 2 is 2.42 bits per heavy atom. The van der Waals surface area contributed by atoms with Crippen LogP contribution in [0.5, 0.6) is 0 Å². The summed E-state index contributed by atoms with van der Waals surface area (Å²) < 4.78 is 2.15. The maximum absolute atomic E-state index is 2.37. The molecule has 0 saturated carbocycles. The van der Waals surface area contributed by atoms with Crippen LogP contribution >= 0.6 is 22.6 Å². The van der Waals surface area contributed by atoms with Gasteiger partial charge in [-0.1, -0.05) is 12.2 Å². The van der Waals surface area contributed by atoms with Crippen LogP contribution in [-0.4, -0.2) is 18.0 Å². The van der Waals surface area contributed by atoms with Crippen molar-refractivity contribution < 1.29 is 29.3 Å². The van der Waals surface area contributed by atoms with E-state index in [4.69, 9.17) is 0 Å². The minimum atomic E-state index is 0. The van der Waals surface area contributed by atoms with Crippen molar-refractivity contribution in [2.24, 2.45) is 0 Å². The van der Waals surface area contributed by atoms with E-state index in [1.807, 2.05) is 0 Å². The largest absolute Gasteiger partial charge is 1.00 e. The molecule has 2 aliphatic heterocycles. The van der Waals surface area contributed by atoms with Gasteiger partial charge in [0.1, 0.15) is 5.70 Å². The lowest BCUT2D eigenvalue weighted by atomic mass is 10.3. The average Bonchev–Trinajstić information content (AvgIpc) is 2.46. The fourth-order valence-electron chi connectivity index (χ4n) is 1.38. The Labute approximate surface area is 103 Å². The van der Waals surface area contributed by atoms with E-state index in [9.17, 15) is 0 Å². The number of hydrogen-bond acceptors (Lipinski definition) is 1. The molecule has 2 rings (SSSR count). The number of rotatable bonds is 0. The van der Waals surface area contributed by atoms with Crippen LogP contribution in [-0.2, 0) is 0 Å². The molecule has 0 aliphatic carbocycles. The molecule has 2 nitrogen and oxygen atoms in total. The summed E-state index contributed by atoms with van der Waals surface area (Å²) in [5, 5.41) is 2.25. The van der Waals surface area contributed by atoms with Crippen molar-refractivity contribution in [3.8, 4) is 0 Å². The number of hydrogen-bond donors (Lipinski definition) is 1. The number of halogens is 2. The van der Waals surface area contributed by atoms with Crippen LogP contribution in [0.2, 0.25) is 0 Å². The molecule has 0 radical (unpaired) electrons. The molecule has 4 heteroatoms. The Morgan fingerprint density at radius 3 is 3.08 bits per heavy atom. The summed E-state index contributed by atoms with van der Waals surface area (Å²) in [7, 11) is 0. The second-order valence-corrected chi connectivity index (χ2v) is 3.35. The predicted molar refractivity (Wildman–Crippen MR) is 52.8 cm³/mol. The molecule has 1 fully saturated rings. The van der Waals surface area contributed by atoms with E-state index in [0.717, 1.165) is 13.1 Å². The van der Waals surface area contributed by atoms with Gasteiger partial charge in [0, 0.05) is 16.7 Å². The zero-order valence-electron chi connectivity index (χ0n) is 6.50. The van der Waals surface area contributed by atoms with Crippen LogP contribution in [0.15, 0.2) is 33.8 Å². The van der Waals surface area contributed by atoms with Crippen molar-refractivity contribution in [3.63, 3.8) is 0 Å². The molecular formula is C8H10I2N2. The maximum atomic E-state index is 2.37. The lowest BCUT2D eigenvalue weighted by molar-refractivity contribution is -0.549. The van der Waals surface area contributed by atoms with Crippen LogP contribution in [0.1, 0.15) is 0 Å². The maximum Gasteiger partial charge on any atom is 0.206 e. The second-order valence-electron chi connectivity index (χ2n) is 2.73. The summed E-state index contributed by atoms with van der Waals surface area (Å²) in [6.45, 7) is 2.15.